The standard InChI is InChI=1S/C11H17NO4/c1-3-5-6-7-9(11(14)15)12-10(13)8-16-4-2/h1,9H,4-8H2,2H3,(H,12,13)(H,14,15)/t9-/m1/s1. The molecule has 0 heterocycles. The Bertz CT molecular complexity index is 270. The van der Waals surface area contributed by atoms with Crippen molar-refractivity contribution in [3.05, 3.63) is 0 Å². The lowest BCUT2D eigenvalue weighted by molar-refractivity contribution is -0.142. The van der Waals surface area contributed by atoms with E-state index in [4.69, 9.17) is 16.3 Å². The fraction of sp³-hybridized carbons (Fsp3) is 0.636. The number of carbonyl (C=O) groups excluding carboxylic acids is 1. The van der Waals surface area contributed by atoms with Gasteiger partial charge in [-0.3, -0.25) is 4.79 Å². The van der Waals surface area contributed by atoms with Gasteiger partial charge < -0.3 is 15.2 Å². The lowest BCUT2D eigenvalue weighted by atomic mass is 10.1. The highest BCUT2D eigenvalue weighted by atomic mass is 16.5. The van der Waals surface area contributed by atoms with Crippen molar-refractivity contribution in [2.75, 3.05) is 13.2 Å². The number of rotatable bonds is 8. The van der Waals surface area contributed by atoms with E-state index in [1.54, 1.807) is 6.92 Å². The second-order valence-corrected chi connectivity index (χ2v) is 3.19. The molecular formula is C11H17NO4. The Morgan fingerprint density at radius 2 is 2.25 bits per heavy atom. The molecule has 0 aromatic rings. The van der Waals surface area contributed by atoms with Gasteiger partial charge in [-0.25, -0.2) is 4.79 Å². The van der Waals surface area contributed by atoms with Gasteiger partial charge in [-0.15, -0.1) is 12.3 Å². The Kier molecular flexibility index (Phi) is 7.90. The van der Waals surface area contributed by atoms with Crippen molar-refractivity contribution in [1.82, 2.24) is 5.32 Å². The summed E-state index contributed by atoms with van der Waals surface area (Å²) in [5.74, 6) is 0.944. The largest absolute Gasteiger partial charge is 0.480 e. The Morgan fingerprint density at radius 1 is 1.56 bits per heavy atom. The molecule has 0 spiro atoms. The number of hydrogen-bond donors (Lipinski definition) is 2. The molecule has 1 atom stereocenters. The van der Waals surface area contributed by atoms with Crippen LogP contribution in [-0.2, 0) is 14.3 Å². The molecule has 0 radical (unpaired) electrons. The molecule has 0 bridgehead atoms. The first-order valence-corrected chi connectivity index (χ1v) is 5.15. The van der Waals surface area contributed by atoms with Crippen LogP contribution < -0.4 is 5.32 Å². The first kappa shape index (κ1) is 14.5. The average molecular weight is 227 g/mol. The monoisotopic (exact) mass is 227 g/mol. The summed E-state index contributed by atoms with van der Waals surface area (Å²) >= 11 is 0. The molecule has 0 fully saturated rings. The third kappa shape index (κ3) is 6.85. The molecule has 0 aliphatic carbocycles. The molecule has 5 nitrogen and oxygen atoms in total. The van der Waals surface area contributed by atoms with E-state index in [1.165, 1.54) is 0 Å². The molecule has 0 aromatic heterocycles. The van der Waals surface area contributed by atoms with E-state index in [1.807, 2.05) is 0 Å². The molecule has 0 unspecified atom stereocenters. The molecule has 0 rings (SSSR count). The fourth-order valence-corrected chi connectivity index (χ4v) is 1.10. The Balaban J connectivity index is 3.98. The van der Waals surface area contributed by atoms with Crippen LogP contribution in [0.25, 0.3) is 0 Å². The maximum atomic E-state index is 11.2. The van der Waals surface area contributed by atoms with Crippen molar-refractivity contribution in [3.63, 3.8) is 0 Å². The van der Waals surface area contributed by atoms with Gasteiger partial charge in [-0.05, 0) is 19.8 Å². The second-order valence-electron chi connectivity index (χ2n) is 3.19. The Labute approximate surface area is 95.2 Å². The van der Waals surface area contributed by atoms with Gasteiger partial charge in [0.05, 0.1) is 0 Å². The summed E-state index contributed by atoms with van der Waals surface area (Å²) in [6.45, 7) is 2.06. The Hall–Kier alpha value is -1.54. The summed E-state index contributed by atoms with van der Waals surface area (Å²) in [6.07, 6.45) is 6.46. The lowest BCUT2D eigenvalue weighted by Crippen LogP contribution is -2.42. The third-order valence-corrected chi connectivity index (χ3v) is 1.88. The molecule has 0 aliphatic rings. The maximum Gasteiger partial charge on any atom is 0.326 e. The minimum absolute atomic E-state index is 0.116. The molecule has 0 aliphatic heterocycles. The average Bonchev–Trinajstić information content (AvgIpc) is 2.25. The normalized spacial score (nSPS) is 11.5. The third-order valence-electron chi connectivity index (χ3n) is 1.88. The first-order chi connectivity index (χ1) is 7.61. The van der Waals surface area contributed by atoms with E-state index in [9.17, 15) is 9.59 Å². The highest BCUT2D eigenvalue weighted by molar-refractivity contribution is 5.84. The maximum absolute atomic E-state index is 11.2. The first-order valence-electron chi connectivity index (χ1n) is 5.15. The van der Waals surface area contributed by atoms with Gasteiger partial charge in [0.15, 0.2) is 0 Å². The van der Waals surface area contributed by atoms with Crippen LogP contribution in [0.1, 0.15) is 26.2 Å². The summed E-state index contributed by atoms with van der Waals surface area (Å²) in [6, 6.07) is -0.888. The van der Waals surface area contributed by atoms with Crippen LogP contribution in [0.15, 0.2) is 0 Å². The number of carboxylic acids is 1. The number of carboxylic acid groups (broad SMARTS) is 1. The molecule has 0 saturated carbocycles. The molecule has 1 amide bonds. The second kappa shape index (κ2) is 8.74. The molecule has 5 heteroatoms. The van der Waals surface area contributed by atoms with Crippen molar-refractivity contribution in [2.24, 2.45) is 0 Å². The van der Waals surface area contributed by atoms with Gasteiger partial charge in [0.2, 0.25) is 5.91 Å². The fourth-order valence-electron chi connectivity index (χ4n) is 1.10. The summed E-state index contributed by atoms with van der Waals surface area (Å²) in [5, 5.41) is 11.2. The van der Waals surface area contributed by atoms with Crippen molar-refractivity contribution in [3.8, 4) is 12.3 Å². The van der Waals surface area contributed by atoms with Crippen molar-refractivity contribution < 1.29 is 19.4 Å². The highest BCUT2D eigenvalue weighted by Gasteiger charge is 2.18. The summed E-state index contributed by atoms with van der Waals surface area (Å²) in [7, 11) is 0. The van der Waals surface area contributed by atoms with E-state index in [0.29, 0.717) is 25.9 Å². The quantitative estimate of drug-likeness (QED) is 0.465. The van der Waals surface area contributed by atoms with Crippen LogP contribution in [0.4, 0.5) is 0 Å². The Morgan fingerprint density at radius 3 is 2.75 bits per heavy atom. The van der Waals surface area contributed by atoms with Crippen molar-refractivity contribution >= 4 is 11.9 Å². The number of ether oxygens (including phenoxy) is 1. The minimum atomic E-state index is -1.05. The van der Waals surface area contributed by atoms with E-state index >= 15 is 0 Å². The van der Waals surface area contributed by atoms with Crippen LogP contribution in [0.3, 0.4) is 0 Å². The summed E-state index contributed by atoms with van der Waals surface area (Å²) < 4.78 is 4.86. The summed E-state index contributed by atoms with van der Waals surface area (Å²) in [5.41, 5.74) is 0. The van der Waals surface area contributed by atoms with Crippen LogP contribution >= 0.6 is 0 Å². The molecule has 16 heavy (non-hydrogen) atoms. The summed E-state index contributed by atoms with van der Waals surface area (Å²) in [4.78, 5) is 22.0. The predicted molar refractivity (Wildman–Crippen MR) is 58.7 cm³/mol. The number of unbranched alkanes of at least 4 members (excludes halogenated alkanes) is 1. The van der Waals surface area contributed by atoms with Gasteiger partial charge in [-0.2, -0.15) is 0 Å². The van der Waals surface area contributed by atoms with Gasteiger partial charge >= 0.3 is 5.97 Å². The number of aliphatic carboxylic acids is 1. The molecular weight excluding hydrogens is 210 g/mol. The van der Waals surface area contributed by atoms with E-state index in [2.05, 4.69) is 11.2 Å². The smallest absolute Gasteiger partial charge is 0.326 e. The minimum Gasteiger partial charge on any atom is -0.480 e. The van der Waals surface area contributed by atoms with E-state index in [-0.39, 0.29) is 6.61 Å². The van der Waals surface area contributed by atoms with Crippen LogP contribution in [-0.4, -0.2) is 36.2 Å². The molecule has 2 N–H and O–H groups in total. The SMILES string of the molecule is C#CCCC[C@@H](NC(=O)COCC)C(=O)O. The number of nitrogens with one attached hydrogen (secondary N) is 1. The molecule has 0 saturated heterocycles. The molecule has 0 aromatic carbocycles. The number of terminal acetylenes is 1. The van der Waals surface area contributed by atoms with Crippen LogP contribution in [0.2, 0.25) is 0 Å². The lowest BCUT2D eigenvalue weighted by Gasteiger charge is -2.13. The van der Waals surface area contributed by atoms with Crippen molar-refractivity contribution in [2.45, 2.75) is 32.2 Å². The van der Waals surface area contributed by atoms with Gasteiger partial charge in [0.25, 0.3) is 0 Å². The zero-order valence-electron chi connectivity index (χ0n) is 9.36. The van der Waals surface area contributed by atoms with Gasteiger partial charge in [0.1, 0.15) is 12.6 Å². The van der Waals surface area contributed by atoms with Crippen molar-refractivity contribution in [1.29, 1.82) is 0 Å². The molecule has 90 valence electrons. The van der Waals surface area contributed by atoms with Gasteiger partial charge in [0, 0.05) is 13.0 Å². The van der Waals surface area contributed by atoms with Crippen LogP contribution in [0.5, 0.6) is 0 Å². The van der Waals surface area contributed by atoms with Crippen LogP contribution in [0, 0.1) is 12.3 Å². The number of amides is 1. The zero-order chi connectivity index (χ0) is 12.4. The topological polar surface area (TPSA) is 75.6 Å². The number of carbonyl (C=O) groups is 2. The number of hydrogen-bond acceptors (Lipinski definition) is 3. The highest BCUT2D eigenvalue weighted by Crippen LogP contribution is 2.00. The predicted octanol–water partition coefficient (Wildman–Crippen LogP) is 0.396. The van der Waals surface area contributed by atoms with E-state index in [0.717, 1.165) is 0 Å². The van der Waals surface area contributed by atoms with E-state index < -0.39 is 17.9 Å². The zero-order valence-corrected chi connectivity index (χ0v) is 9.36. The van der Waals surface area contributed by atoms with Gasteiger partial charge in [-0.1, -0.05) is 0 Å².